The van der Waals surface area contributed by atoms with Crippen LogP contribution in [0.25, 0.3) is 11.1 Å². The number of hydrogen-bond acceptors (Lipinski definition) is 2. The first-order valence-electron chi connectivity index (χ1n) is 4.60. The second kappa shape index (κ2) is 3.58. The maximum absolute atomic E-state index is 4.14. The molecular weight excluding hydrogens is 172 g/mol. The van der Waals surface area contributed by atoms with Gasteiger partial charge in [0.25, 0.3) is 0 Å². The van der Waals surface area contributed by atoms with Crippen LogP contribution in [-0.4, -0.2) is 9.97 Å². The molecule has 0 aromatic carbocycles. The third-order valence-corrected chi connectivity index (χ3v) is 2.37. The van der Waals surface area contributed by atoms with Crippen molar-refractivity contribution < 1.29 is 0 Å². The molecule has 70 valence electrons. The van der Waals surface area contributed by atoms with E-state index in [1.54, 1.807) is 0 Å². The molecule has 0 saturated carbocycles. The Morgan fingerprint density at radius 1 is 0.786 bits per heavy atom. The Bertz CT molecular complexity index is 406. The molecule has 0 spiro atoms. The second-order valence-corrected chi connectivity index (χ2v) is 3.38. The third-order valence-electron chi connectivity index (χ3n) is 2.37. The zero-order valence-corrected chi connectivity index (χ0v) is 8.36. The molecule has 2 heteroatoms. The average Bonchev–Trinajstić information content (AvgIpc) is 2.20. The van der Waals surface area contributed by atoms with Gasteiger partial charge in [-0.1, -0.05) is 0 Å². The minimum Gasteiger partial charge on any atom is -0.264 e. The lowest BCUT2D eigenvalue weighted by Gasteiger charge is -2.06. The van der Waals surface area contributed by atoms with E-state index in [2.05, 4.69) is 23.8 Å². The van der Waals surface area contributed by atoms with Crippen LogP contribution in [0.2, 0.25) is 0 Å². The molecule has 2 aromatic heterocycles. The first kappa shape index (κ1) is 8.88. The molecule has 0 bridgehead atoms. The lowest BCUT2D eigenvalue weighted by atomic mass is 10.0. The molecule has 2 heterocycles. The summed E-state index contributed by atoms with van der Waals surface area (Å²) in [6.07, 6.45) is 7.40. The topological polar surface area (TPSA) is 25.8 Å². The second-order valence-electron chi connectivity index (χ2n) is 3.38. The van der Waals surface area contributed by atoms with Crippen LogP contribution in [0.15, 0.2) is 36.9 Å². The minimum atomic E-state index is 1.16. The highest BCUT2D eigenvalue weighted by Crippen LogP contribution is 2.23. The molecule has 0 aliphatic rings. The lowest BCUT2D eigenvalue weighted by Crippen LogP contribution is -1.88. The van der Waals surface area contributed by atoms with Crippen LogP contribution in [-0.2, 0) is 0 Å². The lowest BCUT2D eigenvalue weighted by molar-refractivity contribution is 1.24. The number of nitrogens with zero attached hydrogens (tertiary/aromatic N) is 2. The van der Waals surface area contributed by atoms with Crippen molar-refractivity contribution in [2.45, 2.75) is 13.8 Å². The molecule has 14 heavy (non-hydrogen) atoms. The highest BCUT2D eigenvalue weighted by molar-refractivity contribution is 5.68. The van der Waals surface area contributed by atoms with Crippen LogP contribution in [0.5, 0.6) is 0 Å². The monoisotopic (exact) mass is 184 g/mol. The molecule has 0 amide bonds. The van der Waals surface area contributed by atoms with E-state index in [1.165, 1.54) is 11.1 Å². The van der Waals surface area contributed by atoms with Crippen LogP contribution in [0.1, 0.15) is 11.1 Å². The number of hydrogen-bond donors (Lipinski definition) is 0. The Kier molecular flexibility index (Phi) is 2.27. The van der Waals surface area contributed by atoms with Crippen LogP contribution >= 0.6 is 0 Å². The van der Waals surface area contributed by atoms with Crippen molar-refractivity contribution in [3.63, 3.8) is 0 Å². The van der Waals surface area contributed by atoms with E-state index in [1.807, 2.05) is 36.9 Å². The molecule has 0 saturated heterocycles. The fraction of sp³-hybridized carbons (Fsp3) is 0.167. The highest BCUT2D eigenvalue weighted by atomic mass is 14.6. The summed E-state index contributed by atoms with van der Waals surface area (Å²) in [4.78, 5) is 8.27. The standard InChI is InChI=1S/C12H12N2/c1-9-3-5-13-7-11(9)12-8-14-6-4-10(12)2/h3-8H,1-2H3. The van der Waals surface area contributed by atoms with Gasteiger partial charge in [-0.15, -0.1) is 0 Å². The summed E-state index contributed by atoms with van der Waals surface area (Å²) in [6, 6.07) is 4.03. The fourth-order valence-electron chi connectivity index (χ4n) is 1.49. The summed E-state index contributed by atoms with van der Waals surface area (Å²) in [7, 11) is 0. The smallest absolute Gasteiger partial charge is 0.0349 e. The van der Waals surface area contributed by atoms with Crippen LogP contribution in [0, 0.1) is 13.8 Å². The van der Waals surface area contributed by atoms with Gasteiger partial charge in [-0.2, -0.15) is 0 Å². The SMILES string of the molecule is Cc1ccncc1-c1cnccc1C. The predicted octanol–water partition coefficient (Wildman–Crippen LogP) is 2.76. The zero-order chi connectivity index (χ0) is 9.97. The summed E-state index contributed by atoms with van der Waals surface area (Å²) < 4.78 is 0. The van der Waals surface area contributed by atoms with Crippen molar-refractivity contribution in [1.82, 2.24) is 9.97 Å². The molecule has 0 fully saturated rings. The van der Waals surface area contributed by atoms with Gasteiger partial charge in [0.05, 0.1) is 0 Å². The summed E-state index contributed by atoms with van der Waals surface area (Å²) >= 11 is 0. The normalized spacial score (nSPS) is 10.1. The van der Waals surface area contributed by atoms with Gasteiger partial charge in [0.15, 0.2) is 0 Å². The molecule has 2 nitrogen and oxygen atoms in total. The van der Waals surface area contributed by atoms with Crippen LogP contribution < -0.4 is 0 Å². The van der Waals surface area contributed by atoms with Gasteiger partial charge in [-0.3, -0.25) is 9.97 Å². The van der Waals surface area contributed by atoms with Crippen molar-refractivity contribution >= 4 is 0 Å². The molecule has 0 atom stereocenters. The van der Waals surface area contributed by atoms with E-state index < -0.39 is 0 Å². The Balaban J connectivity index is 2.61. The van der Waals surface area contributed by atoms with E-state index in [-0.39, 0.29) is 0 Å². The van der Waals surface area contributed by atoms with E-state index in [0.717, 1.165) is 11.1 Å². The number of aryl methyl sites for hydroxylation is 2. The van der Waals surface area contributed by atoms with E-state index in [4.69, 9.17) is 0 Å². The highest BCUT2D eigenvalue weighted by Gasteiger charge is 2.03. The Labute approximate surface area is 83.7 Å². The fourth-order valence-corrected chi connectivity index (χ4v) is 1.49. The Morgan fingerprint density at radius 3 is 1.57 bits per heavy atom. The van der Waals surface area contributed by atoms with Gasteiger partial charge >= 0.3 is 0 Å². The third kappa shape index (κ3) is 1.51. The zero-order valence-electron chi connectivity index (χ0n) is 8.36. The maximum Gasteiger partial charge on any atom is 0.0349 e. The number of pyridine rings is 2. The summed E-state index contributed by atoms with van der Waals surface area (Å²) in [6.45, 7) is 4.17. The molecule has 2 rings (SSSR count). The van der Waals surface area contributed by atoms with Crippen molar-refractivity contribution in [2.75, 3.05) is 0 Å². The maximum atomic E-state index is 4.14. The summed E-state index contributed by atoms with van der Waals surface area (Å²) in [5.41, 5.74) is 4.79. The van der Waals surface area contributed by atoms with Gasteiger partial charge in [-0.05, 0) is 37.1 Å². The molecule has 0 N–H and O–H groups in total. The van der Waals surface area contributed by atoms with Gasteiger partial charge in [0.2, 0.25) is 0 Å². The first-order valence-corrected chi connectivity index (χ1v) is 4.60. The first-order chi connectivity index (χ1) is 6.79. The van der Waals surface area contributed by atoms with Crippen LogP contribution in [0.4, 0.5) is 0 Å². The minimum absolute atomic E-state index is 1.16. The molecule has 2 aromatic rings. The van der Waals surface area contributed by atoms with E-state index >= 15 is 0 Å². The quantitative estimate of drug-likeness (QED) is 0.681. The molecule has 0 radical (unpaired) electrons. The molecular formula is C12H12N2. The largest absolute Gasteiger partial charge is 0.264 e. The van der Waals surface area contributed by atoms with E-state index in [9.17, 15) is 0 Å². The number of rotatable bonds is 1. The molecule has 0 aliphatic carbocycles. The summed E-state index contributed by atoms with van der Waals surface area (Å²) in [5, 5.41) is 0. The molecule has 0 aliphatic heterocycles. The Hall–Kier alpha value is -1.70. The van der Waals surface area contributed by atoms with Crippen molar-refractivity contribution in [3.8, 4) is 11.1 Å². The van der Waals surface area contributed by atoms with Crippen LogP contribution in [0.3, 0.4) is 0 Å². The van der Waals surface area contributed by atoms with Crippen molar-refractivity contribution in [1.29, 1.82) is 0 Å². The summed E-state index contributed by atoms with van der Waals surface area (Å²) in [5.74, 6) is 0. The van der Waals surface area contributed by atoms with Gasteiger partial charge in [-0.25, -0.2) is 0 Å². The molecule has 0 unspecified atom stereocenters. The van der Waals surface area contributed by atoms with Gasteiger partial charge in [0.1, 0.15) is 0 Å². The van der Waals surface area contributed by atoms with Gasteiger partial charge in [0, 0.05) is 35.9 Å². The van der Waals surface area contributed by atoms with Gasteiger partial charge < -0.3 is 0 Å². The van der Waals surface area contributed by atoms with Crippen molar-refractivity contribution in [3.05, 3.63) is 48.0 Å². The van der Waals surface area contributed by atoms with E-state index in [0.29, 0.717) is 0 Å². The Morgan fingerprint density at radius 2 is 1.21 bits per heavy atom. The average molecular weight is 184 g/mol. The van der Waals surface area contributed by atoms with Crippen molar-refractivity contribution in [2.24, 2.45) is 0 Å². The predicted molar refractivity (Wildman–Crippen MR) is 56.9 cm³/mol. The number of aromatic nitrogens is 2.